The van der Waals surface area contributed by atoms with Crippen LogP contribution in [-0.2, 0) is 12.8 Å². The van der Waals surface area contributed by atoms with Crippen molar-refractivity contribution in [2.45, 2.75) is 33.6 Å². The van der Waals surface area contributed by atoms with Gasteiger partial charge in [0.1, 0.15) is 5.75 Å². The maximum Gasteiger partial charge on any atom is 0.143 e. The third kappa shape index (κ3) is 1.39. The van der Waals surface area contributed by atoms with Crippen molar-refractivity contribution in [2.24, 2.45) is 0 Å². The molecule has 14 heavy (non-hydrogen) atoms. The van der Waals surface area contributed by atoms with Crippen LogP contribution in [0.5, 0.6) is 5.75 Å². The Kier molecular flexibility index (Phi) is 2.89. The average Bonchev–Trinajstić information content (AvgIpc) is 2.16. The number of hydrogen-bond donors (Lipinski definition) is 3. The van der Waals surface area contributed by atoms with Crippen LogP contribution in [0.15, 0.2) is 0 Å². The second-order valence-electron chi connectivity index (χ2n) is 3.47. The summed E-state index contributed by atoms with van der Waals surface area (Å²) in [6.07, 6.45) is 1.55. The Morgan fingerprint density at radius 2 is 1.50 bits per heavy atom. The number of nitrogens with two attached hydrogens (primary N) is 2. The van der Waals surface area contributed by atoms with Gasteiger partial charge in [-0.15, -0.1) is 0 Å². The van der Waals surface area contributed by atoms with Gasteiger partial charge in [-0.3, -0.25) is 0 Å². The minimum atomic E-state index is 0.153. The van der Waals surface area contributed by atoms with Gasteiger partial charge in [-0.1, -0.05) is 13.8 Å². The van der Waals surface area contributed by atoms with E-state index in [1.54, 1.807) is 0 Å². The molecule has 0 unspecified atom stereocenters. The van der Waals surface area contributed by atoms with Crippen LogP contribution < -0.4 is 11.5 Å². The molecule has 78 valence electrons. The van der Waals surface area contributed by atoms with E-state index in [-0.39, 0.29) is 5.75 Å². The molecule has 0 aliphatic rings. The Morgan fingerprint density at radius 3 is 1.93 bits per heavy atom. The number of benzene rings is 1. The van der Waals surface area contributed by atoms with Gasteiger partial charge in [-0.2, -0.15) is 0 Å². The van der Waals surface area contributed by atoms with Crippen LogP contribution in [-0.4, -0.2) is 5.11 Å². The van der Waals surface area contributed by atoms with Crippen LogP contribution in [0.4, 0.5) is 11.4 Å². The predicted octanol–water partition coefficient (Wildman–Crippen LogP) is 1.99. The van der Waals surface area contributed by atoms with Crippen molar-refractivity contribution in [1.82, 2.24) is 0 Å². The maximum absolute atomic E-state index is 9.77. The summed E-state index contributed by atoms with van der Waals surface area (Å²) >= 11 is 0. The molecule has 3 heteroatoms. The summed E-state index contributed by atoms with van der Waals surface area (Å²) in [6.45, 7) is 5.89. The van der Waals surface area contributed by atoms with Crippen molar-refractivity contribution >= 4 is 11.4 Å². The summed E-state index contributed by atoms with van der Waals surface area (Å²) < 4.78 is 0. The van der Waals surface area contributed by atoms with E-state index in [0.29, 0.717) is 17.8 Å². The molecular formula is C11H18N2O. The van der Waals surface area contributed by atoms with Crippen molar-refractivity contribution in [1.29, 1.82) is 0 Å². The molecule has 0 radical (unpaired) electrons. The van der Waals surface area contributed by atoms with Gasteiger partial charge in [0.25, 0.3) is 0 Å². The highest BCUT2D eigenvalue weighted by atomic mass is 16.3. The van der Waals surface area contributed by atoms with Gasteiger partial charge in [0.2, 0.25) is 0 Å². The number of rotatable bonds is 2. The van der Waals surface area contributed by atoms with E-state index in [1.165, 1.54) is 0 Å². The molecule has 0 bridgehead atoms. The normalized spacial score (nSPS) is 10.5. The fourth-order valence-electron chi connectivity index (χ4n) is 1.83. The summed E-state index contributed by atoms with van der Waals surface area (Å²) in [4.78, 5) is 0. The molecule has 1 rings (SSSR count). The number of phenols is 1. The van der Waals surface area contributed by atoms with E-state index in [0.717, 1.165) is 23.1 Å². The Balaban J connectivity index is 3.56. The fraction of sp³-hybridized carbons (Fsp3) is 0.455. The van der Waals surface area contributed by atoms with E-state index in [1.807, 2.05) is 20.8 Å². The zero-order chi connectivity index (χ0) is 10.9. The molecule has 0 fully saturated rings. The maximum atomic E-state index is 9.77. The largest absolute Gasteiger partial charge is 0.505 e. The monoisotopic (exact) mass is 194 g/mol. The number of hydrogen-bond acceptors (Lipinski definition) is 3. The standard InChI is InChI=1S/C11H18N2O/c1-4-7-6(3)9(12)11(14)8(5-2)10(7)13/h14H,4-5,12-13H2,1-3H3. The molecule has 0 aliphatic carbocycles. The van der Waals surface area contributed by atoms with Crippen molar-refractivity contribution < 1.29 is 5.11 Å². The van der Waals surface area contributed by atoms with Gasteiger partial charge in [0.15, 0.2) is 0 Å². The molecule has 1 aromatic carbocycles. The van der Waals surface area contributed by atoms with E-state index in [4.69, 9.17) is 11.5 Å². The van der Waals surface area contributed by atoms with Crippen LogP contribution in [0.2, 0.25) is 0 Å². The van der Waals surface area contributed by atoms with Crippen LogP contribution in [0.1, 0.15) is 30.5 Å². The molecule has 0 aromatic heterocycles. The lowest BCUT2D eigenvalue weighted by molar-refractivity contribution is 0.471. The summed E-state index contributed by atoms with van der Waals surface area (Å²) in [5.41, 5.74) is 15.6. The number of nitrogen functional groups attached to an aromatic ring is 2. The zero-order valence-electron chi connectivity index (χ0n) is 9.02. The van der Waals surface area contributed by atoms with Crippen molar-refractivity contribution in [3.05, 3.63) is 16.7 Å². The lowest BCUT2D eigenvalue weighted by atomic mass is 9.96. The molecule has 0 aliphatic heterocycles. The van der Waals surface area contributed by atoms with Crippen LogP contribution in [0, 0.1) is 6.92 Å². The van der Waals surface area contributed by atoms with Crippen LogP contribution in [0.25, 0.3) is 0 Å². The molecule has 1 aromatic rings. The van der Waals surface area contributed by atoms with Gasteiger partial charge in [0.05, 0.1) is 5.69 Å². The first-order valence-corrected chi connectivity index (χ1v) is 4.92. The van der Waals surface area contributed by atoms with Crippen LogP contribution >= 0.6 is 0 Å². The quantitative estimate of drug-likeness (QED) is 0.498. The van der Waals surface area contributed by atoms with E-state index < -0.39 is 0 Å². The van der Waals surface area contributed by atoms with E-state index >= 15 is 0 Å². The highest BCUT2D eigenvalue weighted by molar-refractivity contribution is 5.73. The SMILES string of the molecule is CCc1c(C)c(N)c(O)c(CC)c1N. The lowest BCUT2D eigenvalue weighted by Gasteiger charge is -2.16. The fourth-order valence-corrected chi connectivity index (χ4v) is 1.83. The highest BCUT2D eigenvalue weighted by Gasteiger charge is 2.15. The third-order valence-electron chi connectivity index (χ3n) is 2.75. The molecule has 0 spiro atoms. The van der Waals surface area contributed by atoms with Gasteiger partial charge < -0.3 is 16.6 Å². The topological polar surface area (TPSA) is 72.3 Å². The molecule has 0 atom stereocenters. The summed E-state index contributed by atoms with van der Waals surface area (Å²) in [5.74, 6) is 0.153. The Bertz CT molecular complexity index is 328. The molecule has 5 N–H and O–H groups in total. The summed E-state index contributed by atoms with van der Waals surface area (Å²) in [6, 6.07) is 0. The molecule has 3 nitrogen and oxygen atoms in total. The first-order valence-electron chi connectivity index (χ1n) is 4.92. The van der Waals surface area contributed by atoms with Gasteiger partial charge in [-0.05, 0) is 30.9 Å². The minimum absolute atomic E-state index is 0.153. The Labute approximate surface area is 84.7 Å². The zero-order valence-corrected chi connectivity index (χ0v) is 9.02. The van der Waals surface area contributed by atoms with Gasteiger partial charge in [-0.25, -0.2) is 0 Å². The first-order chi connectivity index (χ1) is 6.54. The average molecular weight is 194 g/mol. The second-order valence-corrected chi connectivity index (χ2v) is 3.47. The first kappa shape index (κ1) is 10.7. The summed E-state index contributed by atoms with van der Waals surface area (Å²) in [7, 11) is 0. The van der Waals surface area contributed by atoms with Crippen molar-refractivity contribution in [2.75, 3.05) is 11.5 Å². The Morgan fingerprint density at radius 1 is 1.00 bits per heavy atom. The van der Waals surface area contributed by atoms with E-state index in [9.17, 15) is 5.11 Å². The molecule has 0 saturated heterocycles. The predicted molar refractivity (Wildman–Crippen MR) is 60.4 cm³/mol. The molecule has 0 saturated carbocycles. The van der Waals surface area contributed by atoms with Gasteiger partial charge >= 0.3 is 0 Å². The van der Waals surface area contributed by atoms with E-state index in [2.05, 4.69) is 0 Å². The van der Waals surface area contributed by atoms with Gasteiger partial charge in [0, 0.05) is 11.3 Å². The molecule has 0 heterocycles. The van der Waals surface area contributed by atoms with Crippen molar-refractivity contribution in [3.8, 4) is 5.75 Å². The number of phenolic OH excluding ortho intramolecular Hbond substituents is 1. The Hall–Kier alpha value is -1.38. The molecule has 0 amide bonds. The highest BCUT2D eigenvalue weighted by Crippen LogP contribution is 2.37. The third-order valence-corrected chi connectivity index (χ3v) is 2.75. The smallest absolute Gasteiger partial charge is 0.143 e. The molecular weight excluding hydrogens is 176 g/mol. The summed E-state index contributed by atoms with van der Waals surface area (Å²) in [5, 5.41) is 9.77. The second kappa shape index (κ2) is 3.78. The number of aromatic hydroxyl groups is 1. The lowest BCUT2D eigenvalue weighted by Crippen LogP contribution is -2.05. The number of anilines is 2. The van der Waals surface area contributed by atoms with Crippen molar-refractivity contribution in [3.63, 3.8) is 0 Å². The van der Waals surface area contributed by atoms with Crippen LogP contribution in [0.3, 0.4) is 0 Å². The minimum Gasteiger partial charge on any atom is -0.505 e.